The maximum Gasteiger partial charge on any atom is 0.243 e. The summed E-state index contributed by atoms with van der Waals surface area (Å²) < 4.78 is 0. The van der Waals surface area contributed by atoms with Crippen LogP contribution in [0.4, 0.5) is 0 Å². The molecule has 17 heavy (non-hydrogen) atoms. The molecule has 1 heterocycles. The number of rotatable bonds is 2. The van der Waals surface area contributed by atoms with Gasteiger partial charge in [0.15, 0.2) is 0 Å². The summed E-state index contributed by atoms with van der Waals surface area (Å²) in [6.45, 7) is 4.60. The van der Waals surface area contributed by atoms with Crippen LogP contribution < -0.4 is 10.6 Å². The fourth-order valence-corrected chi connectivity index (χ4v) is 2.70. The van der Waals surface area contributed by atoms with Crippen molar-refractivity contribution in [1.29, 1.82) is 0 Å². The number of carbonyl (C=O) groups excluding carboxylic acids is 2. The van der Waals surface area contributed by atoms with Crippen molar-refractivity contribution >= 4 is 11.8 Å². The molecule has 4 heteroatoms. The Bertz CT molecular complexity index is 315. The highest BCUT2D eigenvalue weighted by atomic mass is 16.2. The summed E-state index contributed by atoms with van der Waals surface area (Å²) in [5.41, 5.74) is 0.447. The highest BCUT2D eigenvalue weighted by Gasteiger charge is 2.32. The van der Waals surface area contributed by atoms with Crippen molar-refractivity contribution in [3.63, 3.8) is 0 Å². The average molecular weight is 238 g/mol. The highest BCUT2D eigenvalue weighted by Crippen LogP contribution is 2.35. The van der Waals surface area contributed by atoms with Crippen LogP contribution in [0.5, 0.6) is 0 Å². The van der Waals surface area contributed by atoms with Crippen molar-refractivity contribution in [2.24, 2.45) is 5.41 Å². The van der Waals surface area contributed by atoms with Gasteiger partial charge in [0.2, 0.25) is 11.8 Å². The van der Waals surface area contributed by atoms with Gasteiger partial charge in [-0.25, -0.2) is 0 Å². The summed E-state index contributed by atoms with van der Waals surface area (Å²) >= 11 is 0. The smallest absolute Gasteiger partial charge is 0.243 e. The van der Waals surface area contributed by atoms with E-state index in [2.05, 4.69) is 24.5 Å². The normalized spacial score (nSPS) is 30.1. The monoisotopic (exact) mass is 238 g/mol. The third-order valence-corrected chi connectivity index (χ3v) is 4.02. The second kappa shape index (κ2) is 4.77. The van der Waals surface area contributed by atoms with Crippen LogP contribution in [0, 0.1) is 5.41 Å². The van der Waals surface area contributed by atoms with Gasteiger partial charge >= 0.3 is 0 Å². The van der Waals surface area contributed by atoms with Gasteiger partial charge in [-0.3, -0.25) is 14.9 Å². The molecule has 1 saturated carbocycles. The number of hydrogen-bond acceptors (Lipinski definition) is 3. The second-order valence-electron chi connectivity index (χ2n) is 6.11. The van der Waals surface area contributed by atoms with E-state index in [1.807, 2.05) is 0 Å². The van der Waals surface area contributed by atoms with E-state index in [-0.39, 0.29) is 17.9 Å². The first kappa shape index (κ1) is 12.6. The molecule has 2 aliphatic rings. The largest absolute Gasteiger partial charge is 0.303 e. The molecule has 1 unspecified atom stereocenters. The summed E-state index contributed by atoms with van der Waals surface area (Å²) in [5.74, 6) is -0.288. The van der Waals surface area contributed by atoms with Gasteiger partial charge in [-0.05, 0) is 37.5 Å². The Morgan fingerprint density at radius 1 is 1.18 bits per heavy atom. The van der Waals surface area contributed by atoms with Gasteiger partial charge < -0.3 is 5.32 Å². The zero-order valence-electron chi connectivity index (χ0n) is 10.7. The first-order valence-corrected chi connectivity index (χ1v) is 6.56. The Balaban J connectivity index is 1.82. The van der Waals surface area contributed by atoms with Crippen LogP contribution in [0.15, 0.2) is 0 Å². The first-order chi connectivity index (χ1) is 7.96. The standard InChI is InChI=1S/C13H22N2O2/c1-13(2)7-5-9(6-8-13)14-10-3-4-11(16)15-12(10)17/h9-10,14H,3-8H2,1-2H3,(H,15,16,17). The number of amides is 2. The van der Waals surface area contributed by atoms with Crippen LogP contribution in [0.1, 0.15) is 52.4 Å². The van der Waals surface area contributed by atoms with E-state index in [1.54, 1.807) is 0 Å². The minimum absolute atomic E-state index is 0.141. The lowest BCUT2D eigenvalue weighted by Gasteiger charge is -2.36. The summed E-state index contributed by atoms with van der Waals surface area (Å²) in [5, 5.41) is 5.80. The first-order valence-electron chi connectivity index (χ1n) is 6.56. The van der Waals surface area contributed by atoms with Gasteiger partial charge in [0.05, 0.1) is 6.04 Å². The SMILES string of the molecule is CC1(C)CCC(NC2CCC(=O)NC2=O)CC1. The molecule has 0 spiro atoms. The Morgan fingerprint density at radius 3 is 2.41 bits per heavy atom. The van der Waals surface area contributed by atoms with Crippen molar-refractivity contribution in [3.8, 4) is 0 Å². The minimum Gasteiger partial charge on any atom is -0.303 e. The van der Waals surface area contributed by atoms with E-state index in [9.17, 15) is 9.59 Å². The zero-order valence-corrected chi connectivity index (χ0v) is 10.7. The molecule has 0 aromatic heterocycles. The van der Waals surface area contributed by atoms with E-state index in [1.165, 1.54) is 12.8 Å². The summed E-state index contributed by atoms with van der Waals surface area (Å²) in [7, 11) is 0. The molecule has 1 saturated heterocycles. The van der Waals surface area contributed by atoms with Gasteiger partial charge in [0.25, 0.3) is 0 Å². The van der Waals surface area contributed by atoms with Crippen molar-refractivity contribution in [1.82, 2.24) is 10.6 Å². The number of nitrogens with one attached hydrogen (secondary N) is 2. The number of carbonyl (C=O) groups is 2. The van der Waals surface area contributed by atoms with Crippen molar-refractivity contribution < 1.29 is 9.59 Å². The maximum atomic E-state index is 11.6. The zero-order chi connectivity index (χ0) is 12.5. The third-order valence-electron chi connectivity index (χ3n) is 4.02. The van der Waals surface area contributed by atoms with Crippen molar-refractivity contribution in [2.45, 2.75) is 64.5 Å². The molecule has 0 bridgehead atoms. The van der Waals surface area contributed by atoms with Gasteiger partial charge in [-0.15, -0.1) is 0 Å². The van der Waals surface area contributed by atoms with Crippen LogP contribution in [0.3, 0.4) is 0 Å². The van der Waals surface area contributed by atoms with Gasteiger partial charge in [-0.2, -0.15) is 0 Å². The van der Waals surface area contributed by atoms with E-state index in [0.717, 1.165) is 12.8 Å². The molecule has 0 aromatic rings. The van der Waals surface area contributed by atoms with Crippen molar-refractivity contribution in [2.75, 3.05) is 0 Å². The molecule has 96 valence electrons. The van der Waals surface area contributed by atoms with Crippen LogP contribution in [0.2, 0.25) is 0 Å². The van der Waals surface area contributed by atoms with Crippen LogP contribution >= 0.6 is 0 Å². The molecular formula is C13H22N2O2. The fraction of sp³-hybridized carbons (Fsp3) is 0.846. The molecule has 2 fully saturated rings. The quantitative estimate of drug-likeness (QED) is 0.714. The predicted octanol–water partition coefficient (Wildman–Crippen LogP) is 1.35. The molecule has 0 radical (unpaired) electrons. The lowest BCUT2D eigenvalue weighted by Crippen LogP contribution is -2.54. The van der Waals surface area contributed by atoms with Gasteiger partial charge in [0.1, 0.15) is 0 Å². The molecule has 4 nitrogen and oxygen atoms in total. The molecule has 2 rings (SSSR count). The van der Waals surface area contributed by atoms with Gasteiger partial charge in [0, 0.05) is 12.5 Å². The Labute approximate surface area is 103 Å². The van der Waals surface area contributed by atoms with E-state index in [4.69, 9.17) is 0 Å². The molecule has 2 N–H and O–H groups in total. The summed E-state index contributed by atoms with van der Waals surface area (Å²) in [4.78, 5) is 22.6. The maximum absolute atomic E-state index is 11.6. The molecule has 0 aromatic carbocycles. The third kappa shape index (κ3) is 3.28. The Hall–Kier alpha value is -0.900. The molecule has 1 aliphatic heterocycles. The Morgan fingerprint density at radius 2 is 1.82 bits per heavy atom. The predicted molar refractivity (Wildman–Crippen MR) is 65.3 cm³/mol. The van der Waals surface area contributed by atoms with Gasteiger partial charge in [-0.1, -0.05) is 13.8 Å². The summed E-state index contributed by atoms with van der Waals surface area (Å²) in [6.07, 6.45) is 5.78. The number of hydrogen-bond donors (Lipinski definition) is 2. The lowest BCUT2D eigenvalue weighted by atomic mass is 9.75. The van der Waals surface area contributed by atoms with E-state index < -0.39 is 0 Å². The number of piperidine rings is 1. The van der Waals surface area contributed by atoms with Crippen LogP contribution in [-0.4, -0.2) is 23.9 Å². The van der Waals surface area contributed by atoms with E-state index in [0.29, 0.717) is 24.3 Å². The summed E-state index contributed by atoms with van der Waals surface area (Å²) in [6, 6.07) is 0.269. The lowest BCUT2D eigenvalue weighted by molar-refractivity contribution is -0.134. The molecule has 2 amide bonds. The van der Waals surface area contributed by atoms with Crippen LogP contribution in [0.25, 0.3) is 0 Å². The topological polar surface area (TPSA) is 58.2 Å². The fourth-order valence-electron chi connectivity index (χ4n) is 2.70. The Kier molecular flexibility index (Phi) is 3.52. The molecular weight excluding hydrogens is 216 g/mol. The minimum atomic E-state index is -0.168. The van der Waals surface area contributed by atoms with E-state index >= 15 is 0 Å². The molecule has 1 atom stereocenters. The molecule has 1 aliphatic carbocycles. The van der Waals surface area contributed by atoms with Crippen molar-refractivity contribution in [3.05, 3.63) is 0 Å². The number of imide groups is 1. The van der Waals surface area contributed by atoms with Crippen LogP contribution in [-0.2, 0) is 9.59 Å². The highest BCUT2D eigenvalue weighted by molar-refractivity contribution is 6.00. The second-order valence-corrected chi connectivity index (χ2v) is 6.11. The average Bonchev–Trinajstić information content (AvgIpc) is 2.25.